The second kappa shape index (κ2) is 19.1. The molecule has 3 fully saturated rings. The topological polar surface area (TPSA) is 138 Å². The van der Waals surface area contributed by atoms with Crippen LogP contribution in [0.15, 0.2) is 54.7 Å². The maximum Gasteiger partial charge on any atom is 0.262 e. The molecule has 1 spiro atoms. The third kappa shape index (κ3) is 10.3. The number of ether oxygens (including phenoxy) is 4. The van der Waals surface area contributed by atoms with Gasteiger partial charge in [-0.25, -0.2) is 4.98 Å². The second-order valence-corrected chi connectivity index (χ2v) is 15.5. The van der Waals surface area contributed by atoms with Gasteiger partial charge in [-0.15, -0.1) is 0 Å². The van der Waals surface area contributed by atoms with Gasteiger partial charge in [0.15, 0.2) is 12.4 Å². The summed E-state index contributed by atoms with van der Waals surface area (Å²) in [4.78, 5) is 36.7. The first-order valence-electron chi connectivity index (χ1n) is 20.4. The molecule has 2 amide bonds. The smallest absolute Gasteiger partial charge is 0.262 e. The van der Waals surface area contributed by atoms with Crippen LogP contribution in [-0.4, -0.2) is 123 Å². The number of likely N-dealkylation sites (tertiary alicyclic amines) is 1. The van der Waals surface area contributed by atoms with Gasteiger partial charge in [0.25, 0.3) is 5.91 Å². The number of amides is 2. The summed E-state index contributed by atoms with van der Waals surface area (Å²) in [6, 6.07) is 16.4. The van der Waals surface area contributed by atoms with E-state index in [4.69, 9.17) is 18.9 Å². The number of methoxy groups -OCH3 is 1. The summed E-state index contributed by atoms with van der Waals surface area (Å²) in [5.74, 6) is 2.18. The Morgan fingerprint density at radius 3 is 2.73 bits per heavy atom. The van der Waals surface area contributed by atoms with Crippen molar-refractivity contribution in [3.63, 3.8) is 0 Å². The van der Waals surface area contributed by atoms with E-state index < -0.39 is 0 Å². The van der Waals surface area contributed by atoms with Crippen molar-refractivity contribution in [1.82, 2.24) is 20.1 Å². The molecule has 2 saturated heterocycles. The number of hydrogen-bond acceptors (Lipinski definition) is 11. The maximum absolute atomic E-state index is 13.4. The standard InChI is InChI=1S/C43H58N6O7/c1-53-36-12-18-45-38(28-36)48-23-26-56-43(31-48)15-20-47(21-16-43)29-33-6-4-5-32(27-33)13-24-54-25-14-40(52)49(35-7-2-3-8-35)22-19-44-17-11-34-9-10-37(50)41-42(34)55-30-39(51)46-41/h4-6,9-10,12,18,27-28,35,44,50H,2-3,7-8,11,13-17,19-26,29-31H2,1H3,(H,46,51). The molecule has 0 atom stereocenters. The van der Waals surface area contributed by atoms with Gasteiger partial charge in [0.2, 0.25) is 5.91 Å². The van der Waals surface area contributed by atoms with Gasteiger partial charge < -0.3 is 44.5 Å². The minimum atomic E-state index is -0.277. The van der Waals surface area contributed by atoms with Crippen LogP contribution in [0.25, 0.3) is 0 Å². The molecule has 3 aliphatic heterocycles. The van der Waals surface area contributed by atoms with Gasteiger partial charge in [-0.05, 0) is 73.9 Å². The van der Waals surface area contributed by atoms with E-state index in [1.165, 1.54) is 11.1 Å². The van der Waals surface area contributed by atoms with E-state index in [9.17, 15) is 14.7 Å². The van der Waals surface area contributed by atoms with E-state index in [0.29, 0.717) is 69.8 Å². The molecule has 0 bridgehead atoms. The lowest BCUT2D eigenvalue weighted by molar-refractivity contribution is -0.134. The predicted molar refractivity (Wildman–Crippen MR) is 215 cm³/mol. The molecule has 3 N–H and O–H groups in total. The molecule has 4 heterocycles. The molecule has 0 unspecified atom stereocenters. The summed E-state index contributed by atoms with van der Waals surface area (Å²) in [6.45, 7) is 8.26. The highest BCUT2D eigenvalue weighted by Gasteiger charge is 2.40. The van der Waals surface area contributed by atoms with Crippen molar-refractivity contribution >= 4 is 23.3 Å². The lowest BCUT2D eigenvalue weighted by Crippen LogP contribution is -2.57. The average molecular weight is 771 g/mol. The van der Waals surface area contributed by atoms with Crippen LogP contribution in [0.3, 0.4) is 0 Å². The Kier molecular flexibility index (Phi) is 13.6. The largest absolute Gasteiger partial charge is 0.506 e. The minimum absolute atomic E-state index is 0.00115. The summed E-state index contributed by atoms with van der Waals surface area (Å²) in [6.07, 6.45) is 10.1. The Labute approximate surface area is 330 Å². The van der Waals surface area contributed by atoms with Gasteiger partial charge in [0.05, 0.1) is 39.0 Å². The number of phenols is 1. The Hall–Kier alpha value is -4.43. The minimum Gasteiger partial charge on any atom is -0.506 e. The fourth-order valence-corrected chi connectivity index (χ4v) is 8.58. The highest BCUT2D eigenvalue weighted by Crippen LogP contribution is 2.39. The summed E-state index contributed by atoms with van der Waals surface area (Å²) in [5.41, 5.74) is 3.67. The number of piperidine rings is 1. The normalized spacial score (nSPS) is 18.4. The van der Waals surface area contributed by atoms with Crippen molar-refractivity contribution in [3.05, 3.63) is 71.4 Å². The van der Waals surface area contributed by atoms with Crippen LogP contribution in [-0.2, 0) is 38.4 Å². The third-order valence-corrected chi connectivity index (χ3v) is 11.7. The maximum atomic E-state index is 13.4. The van der Waals surface area contributed by atoms with E-state index in [-0.39, 0.29) is 29.8 Å². The van der Waals surface area contributed by atoms with Crippen LogP contribution < -0.4 is 25.0 Å². The summed E-state index contributed by atoms with van der Waals surface area (Å²) < 4.78 is 23.5. The Bertz CT molecular complexity index is 1780. The number of carbonyl (C=O) groups is 2. The Morgan fingerprint density at radius 2 is 1.89 bits per heavy atom. The number of anilines is 2. The fraction of sp³-hybridized carbons (Fsp3) is 0.558. The number of fused-ring (bicyclic) bond motifs is 1. The molecule has 7 rings (SSSR count). The van der Waals surface area contributed by atoms with E-state index in [0.717, 1.165) is 94.8 Å². The number of carbonyl (C=O) groups excluding carboxylic acids is 2. The number of rotatable bonds is 17. The van der Waals surface area contributed by atoms with Crippen molar-refractivity contribution in [3.8, 4) is 17.2 Å². The Morgan fingerprint density at radius 1 is 1.05 bits per heavy atom. The molecule has 3 aromatic rings. The average Bonchev–Trinajstić information content (AvgIpc) is 3.76. The highest BCUT2D eigenvalue weighted by molar-refractivity contribution is 5.97. The van der Waals surface area contributed by atoms with Crippen LogP contribution >= 0.6 is 0 Å². The molecule has 56 heavy (non-hydrogen) atoms. The van der Waals surface area contributed by atoms with Crippen molar-refractivity contribution in [1.29, 1.82) is 0 Å². The number of nitrogens with one attached hydrogen (secondary N) is 2. The molecule has 13 heteroatoms. The quantitative estimate of drug-likeness (QED) is 0.132. The molecule has 2 aromatic carbocycles. The molecular weight excluding hydrogens is 713 g/mol. The fourth-order valence-electron chi connectivity index (χ4n) is 8.58. The zero-order chi connectivity index (χ0) is 38.7. The molecule has 302 valence electrons. The lowest BCUT2D eigenvalue weighted by atomic mass is 9.89. The van der Waals surface area contributed by atoms with Gasteiger partial charge in [-0.2, -0.15) is 0 Å². The molecule has 1 saturated carbocycles. The number of pyridine rings is 1. The van der Waals surface area contributed by atoms with Crippen LogP contribution in [0.4, 0.5) is 11.5 Å². The monoisotopic (exact) mass is 770 g/mol. The first kappa shape index (κ1) is 39.8. The van der Waals surface area contributed by atoms with Crippen molar-refractivity contribution in [2.24, 2.45) is 0 Å². The predicted octanol–water partition coefficient (Wildman–Crippen LogP) is 4.55. The molecular formula is C43H58N6O7. The number of nitrogens with zero attached hydrogens (tertiary/aromatic N) is 4. The molecule has 13 nitrogen and oxygen atoms in total. The molecule has 4 aliphatic rings. The van der Waals surface area contributed by atoms with Gasteiger partial charge in [0.1, 0.15) is 23.0 Å². The third-order valence-electron chi connectivity index (χ3n) is 11.7. The number of phenolic OH excluding ortho intramolecular Hbond substituents is 1. The lowest BCUT2D eigenvalue weighted by Gasteiger charge is -2.47. The summed E-state index contributed by atoms with van der Waals surface area (Å²) in [5, 5.41) is 16.3. The number of benzene rings is 2. The number of aromatic hydroxyl groups is 1. The van der Waals surface area contributed by atoms with Gasteiger partial charge >= 0.3 is 0 Å². The zero-order valence-electron chi connectivity index (χ0n) is 32.8. The first-order valence-corrected chi connectivity index (χ1v) is 20.4. The van der Waals surface area contributed by atoms with Crippen molar-refractivity contribution < 1.29 is 33.6 Å². The number of morpholine rings is 1. The van der Waals surface area contributed by atoms with E-state index >= 15 is 0 Å². The van der Waals surface area contributed by atoms with Gasteiger partial charge in [-0.3, -0.25) is 14.5 Å². The molecule has 1 aliphatic carbocycles. The van der Waals surface area contributed by atoms with Gasteiger partial charge in [0, 0.05) is 64.1 Å². The van der Waals surface area contributed by atoms with Crippen LogP contribution in [0.2, 0.25) is 0 Å². The van der Waals surface area contributed by atoms with E-state index in [2.05, 4.69) is 54.6 Å². The van der Waals surface area contributed by atoms with Crippen molar-refractivity contribution in [2.45, 2.75) is 76.0 Å². The second-order valence-electron chi connectivity index (χ2n) is 15.5. The molecule has 1 aromatic heterocycles. The summed E-state index contributed by atoms with van der Waals surface area (Å²) >= 11 is 0. The van der Waals surface area contributed by atoms with Crippen LogP contribution in [0.1, 0.15) is 61.6 Å². The van der Waals surface area contributed by atoms with E-state index in [1.807, 2.05) is 24.4 Å². The van der Waals surface area contributed by atoms with E-state index in [1.54, 1.807) is 13.2 Å². The SMILES string of the molecule is COc1ccnc(N2CCOC3(CCN(Cc4cccc(CCOCCC(=O)N(CCNCCc5ccc(O)c6c5OCC(=O)N6)C5CCCC5)c4)CC3)C2)c1. The summed E-state index contributed by atoms with van der Waals surface area (Å²) in [7, 11) is 1.69. The molecule has 0 radical (unpaired) electrons. The number of hydrogen-bond donors (Lipinski definition) is 3. The van der Waals surface area contributed by atoms with Crippen molar-refractivity contribution in [2.75, 3.05) is 89.6 Å². The first-order chi connectivity index (χ1) is 27.4. The number of aromatic nitrogens is 1. The Balaban J connectivity index is 0.804. The highest BCUT2D eigenvalue weighted by atomic mass is 16.5. The van der Waals surface area contributed by atoms with Gasteiger partial charge in [-0.1, -0.05) is 43.2 Å². The van der Waals surface area contributed by atoms with Crippen LogP contribution in [0, 0.1) is 0 Å². The zero-order valence-corrected chi connectivity index (χ0v) is 32.8. The van der Waals surface area contributed by atoms with Crippen LogP contribution in [0.5, 0.6) is 17.2 Å².